The first-order valence-electron chi connectivity index (χ1n) is 3.20. The molecule has 60 valence electrons. The quantitative estimate of drug-likeness (QED) is 0.633. The van der Waals surface area contributed by atoms with Crippen LogP contribution < -0.4 is 5.73 Å². The molecule has 0 aliphatic rings. The third-order valence-corrected chi connectivity index (χ3v) is 1.37. The lowest BCUT2D eigenvalue weighted by atomic mass is 10.1. The SMILES string of the molecule is CC(O)c1cc(F)cnc1N. The van der Waals surface area contributed by atoms with Crippen molar-refractivity contribution in [3.8, 4) is 0 Å². The topological polar surface area (TPSA) is 59.1 Å². The molecule has 1 atom stereocenters. The van der Waals surface area contributed by atoms with Crippen molar-refractivity contribution in [1.29, 1.82) is 0 Å². The van der Waals surface area contributed by atoms with E-state index in [1.165, 1.54) is 13.0 Å². The maximum absolute atomic E-state index is 12.5. The van der Waals surface area contributed by atoms with Gasteiger partial charge in [-0.25, -0.2) is 9.37 Å². The molecule has 0 fully saturated rings. The second-order valence-corrected chi connectivity index (χ2v) is 2.30. The fraction of sp³-hybridized carbons (Fsp3) is 0.286. The van der Waals surface area contributed by atoms with Crippen LogP contribution in [0.25, 0.3) is 0 Å². The number of aliphatic hydroxyl groups excluding tert-OH is 1. The highest BCUT2D eigenvalue weighted by Gasteiger charge is 2.07. The number of aliphatic hydroxyl groups is 1. The lowest BCUT2D eigenvalue weighted by molar-refractivity contribution is 0.199. The van der Waals surface area contributed by atoms with E-state index in [0.717, 1.165) is 6.20 Å². The zero-order chi connectivity index (χ0) is 8.43. The molecule has 1 unspecified atom stereocenters. The van der Waals surface area contributed by atoms with Crippen LogP contribution in [0.2, 0.25) is 0 Å². The Balaban J connectivity index is 3.13. The number of nitrogen functional groups attached to an aromatic ring is 1. The van der Waals surface area contributed by atoms with Crippen molar-refractivity contribution in [2.24, 2.45) is 0 Å². The Morgan fingerprint density at radius 3 is 2.82 bits per heavy atom. The molecule has 0 saturated carbocycles. The summed E-state index contributed by atoms with van der Waals surface area (Å²) in [6.45, 7) is 1.51. The summed E-state index contributed by atoms with van der Waals surface area (Å²) in [6.07, 6.45) is 0.236. The van der Waals surface area contributed by atoms with Gasteiger partial charge in [-0.05, 0) is 13.0 Å². The summed E-state index contributed by atoms with van der Waals surface area (Å²) in [7, 11) is 0. The van der Waals surface area contributed by atoms with Crippen molar-refractivity contribution in [2.75, 3.05) is 5.73 Å². The van der Waals surface area contributed by atoms with Crippen molar-refractivity contribution in [3.05, 3.63) is 23.6 Å². The van der Waals surface area contributed by atoms with E-state index in [1.807, 2.05) is 0 Å². The van der Waals surface area contributed by atoms with Crippen LogP contribution in [0, 0.1) is 5.82 Å². The van der Waals surface area contributed by atoms with Gasteiger partial charge in [0.1, 0.15) is 11.6 Å². The molecule has 1 heterocycles. The fourth-order valence-corrected chi connectivity index (χ4v) is 0.800. The Kier molecular flexibility index (Phi) is 2.05. The van der Waals surface area contributed by atoms with Gasteiger partial charge in [0.2, 0.25) is 0 Å². The van der Waals surface area contributed by atoms with E-state index in [0.29, 0.717) is 5.56 Å². The number of halogens is 1. The molecule has 0 amide bonds. The first-order valence-corrected chi connectivity index (χ1v) is 3.20. The zero-order valence-corrected chi connectivity index (χ0v) is 6.08. The molecule has 0 bridgehead atoms. The van der Waals surface area contributed by atoms with Crippen molar-refractivity contribution < 1.29 is 9.50 Å². The largest absolute Gasteiger partial charge is 0.389 e. The first kappa shape index (κ1) is 7.94. The van der Waals surface area contributed by atoms with Gasteiger partial charge in [0, 0.05) is 5.56 Å². The van der Waals surface area contributed by atoms with E-state index in [4.69, 9.17) is 10.8 Å². The number of anilines is 1. The maximum Gasteiger partial charge on any atom is 0.142 e. The average molecular weight is 156 g/mol. The molecular formula is C7H9FN2O. The fourth-order valence-electron chi connectivity index (χ4n) is 0.800. The van der Waals surface area contributed by atoms with Gasteiger partial charge in [-0.3, -0.25) is 0 Å². The smallest absolute Gasteiger partial charge is 0.142 e. The second kappa shape index (κ2) is 2.84. The summed E-state index contributed by atoms with van der Waals surface area (Å²) >= 11 is 0. The molecule has 4 heteroatoms. The van der Waals surface area contributed by atoms with Gasteiger partial charge in [-0.1, -0.05) is 0 Å². The van der Waals surface area contributed by atoms with E-state index < -0.39 is 11.9 Å². The molecule has 0 spiro atoms. The minimum absolute atomic E-state index is 0.168. The van der Waals surface area contributed by atoms with Crippen LogP contribution in [-0.4, -0.2) is 10.1 Å². The van der Waals surface area contributed by atoms with Gasteiger partial charge in [-0.2, -0.15) is 0 Å². The Morgan fingerprint density at radius 1 is 1.73 bits per heavy atom. The highest BCUT2D eigenvalue weighted by atomic mass is 19.1. The van der Waals surface area contributed by atoms with Crippen LogP contribution in [0.4, 0.5) is 10.2 Å². The third-order valence-electron chi connectivity index (χ3n) is 1.37. The number of nitrogens with zero attached hydrogens (tertiary/aromatic N) is 1. The Hall–Kier alpha value is -1.16. The van der Waals surface area contributed by atoms with E-state index >= 15 is 0 Å². The van der Waals surface area contributed by atoms with E-state index in [2.05, 4.69) is 4.98 Å². The summed E-state index contributed by atoms with van der Waals surface area (Å²) in [5, 5.41) is 9.04. The molecule has 1 rings (SSSR count). The van der Waals surface area contributed by atoms with Crippen LogP contribution in [0.3, 0.4) is 0 Å². The van der Waals surface area contributed by atoms with Crippen LogP contribution >= 0.6 is 0 Å². The average Bonchev–Trinajstić information content (AvgIpc) is 1.94. The van der Waals surface area contributed by atoms with Crippen molar-refractivity contribution in [2.45, 2.75) is 13.0 Å². The van der Waals surface area contributed by atoms with Gasteiger partial charge >= 0.3 is 0 Å². The maximum atomic E-state index is 12.5. The number of hydrogen-bond acceptors (Lipinski definition) is 3. The van der Waals surface area contributed by atoms with Crippen LogP contribution in [0.5, 0.6) is 0 Å². The van der Waals surface area contributed by atoms with Crippen LogP contribution in [-0.2, 0) is 0 Å². The number of nitrogens with two attached hydrogens (primary N) is 1. The monoisotopic (exact) mass is 156 g/mol. The minimum Gasteiger partial charge on any atom is -0.389 e. The molecule has 1 aromatic heterocycles. The van der Waals surface area contributed by atoms with Crippen LogP contribution in [0.1, 0.15) is 18.6 Å². The number of pyridine rings is 1. The Morgan fingerprint density at radius 2 is 2.36 bits per heavy atom. The molecule has 0 radical (unpaired) electrons. The summed E-state index contributed by atoms with van der Waals surface area (Å²) < 4.78 is 12.5. The molecule has 0 aliphatic carbocycles. The molecule has 0 aliphatic heterocycles. The summed E-state index contributed by atoms with van der Waals surface area (Å²) in [5.41, 5.74) is 5.68. The summed E-state index contributed by atoms with van der Waals surface area (Å²) in [6, 6.07) is 1.17. The number of rotatable bonds is 1. The van der Waals surface area contributed by atoms with Crippen molar-refractivity contribution in [3.63, 3.8) is 0 Å². The first-order chi connectivity index (χ1) is 5.11. The van der Waals surface area contributed by atoms with Crippen LogP contribution in [0.15, 0.2) is 12.3 Å². The van der Waals surface area contributed by atoms with Crippen molar-refractivity contribution >= 4 is 5.82 Å². The molecule has 1 aromatic rings. The predicted octanol–water partition coefficient (Wildman–Crippen LogP) is 0.856. The second-order valence-electron chi connectivity index (χ2n) is 2.30. The van der Waals surface area contributed by atoms with Crippen molar-refractivity contribution in [1.82, 2.24) is 4.98 Å². The highest BCUT2D eigenvalue weighted by molar-refractivity contribution is 5.39. The van der Waals surface area contributed by atoms with Gasteiger partial charge in [0.25, 0.3) is 0 Å². The summed E-state index contributed by atoms with van der Waals surface area (Å²) in [4.78, 5) is 3.54. The molecule has 11 heavy (non-hydrogen) atoms. The molecule has 0 aromatic carbocycles. The standard InChI is InChI=1S/C7H9FN2O/c1-4(11)6-2-5(8)3-10-7(6)9/h2-4,11H,1H3,(H2,9,10). The Labute approximate surface area is 63.7 Å². The number of hydrogen-bond donors (Lipinski definition) is 2. The normalized spacial score (nSPS) is 13.0. The van der Waals surface area contributed by atoms with E-state index in [9.17, 15) is 4.39 Å². The molecule has 0 saturated heterocycles. The Bertz CT molecular complexity index is 263. The number of aromatic nitrogens is 1. The molecule has 3 N–H and O–H groups in total. The lowest BCUT2D eigenvalue weighted by Gasteiger charge is -2.06. The van der Waals surface area contributed by atoms with Gasteiger partial charge < -0.3 is 10.8 Å². The molecular weight excluding hydrogens is 147 g/mol. The molecule has 3 nitrogen and oxygen atoms in total. The highest BCUT2D eigenvalue weighted by Crippen LogP contribution is 2.17. The van der Waals surface area contributed by atoms with Gasteiger partial charge in [-0.15, -0.1) is 0 Å². The van der Waals surface area contributed by atoms with Gasteiger partial charge in [0.05, 0.1) is 12.3 Å². The lowest BCUT2D eigenvalue weighted by Crippen LogP contribution is -2.01. The minimum atomic E-state index is -0.779. The predicted molar refractivity (Wildman–Crippen MR) is 39.2 cm³/mol. The third kappa shape index (κ3) is 1.65. The van der Waals surface area contributed by atoms with E-state index in [1.54, 1.807) is 0 Å². The van der Waals surface area contributed by atoms with Gasteiger partial charge in [0.15, 0.2) is 0 Å². The summed E-state index contributed by atoms with van der Waals surface area (Å²) in [5.74, 6) is -0.323. The van der Waals surface area contributed by atoms with E-state index in [-0.39, 0.29) is 5.82 Å². The zero-order valence-electron chi connectivity index (χ0n) is 6.08.